The molecule has 1 fully saturated rings. The molecule has 1 aliphatic heterocycles. The van der Waals surface area contributed by atoms with Crippen LogP contribution in [0.5, 0.6) is 0 Å². The van der Waals surface area contributed by atoms with E-state index in [4.69, 9.17) is 0 Å². The van der Waals surface area contributed by atoms with E-state index in [0.717, 1.165) is 37.7 Å². The topological polar surface area (TPSA) is 52.6 Å². The summed E-state index contributed by atoms with van der Waals surface area (Å²) in [5.74, 6) is 0.830. The molecule has 1 saturated heterocycles. The fourth-order valence-electron chi connectivity index (χ4n) is 3.34. The summed E-state index contributed by atoms with van der Waals surface area (Å²) in [5.41, 5.74) is 4.95. The zero-order valence-electron chi connectivity index (χ0n) is 16.5. The lowest BCUT2D eigenvalue weighted by Gasteiger charge is -2.15. The summed E-state index contributed by atoms with van der Waals surface area (Å²) in [6.45, 7) is 7.17. The Morgan fingerprint density at radius 3 is 2.37 bits per heavy atom. The predicted molar refractivity (Wildman–Crippen MR) is 112 cm³/mol. The van der Waals surface area contributed by atoms with Crippen molar-refractivity contribution >= 4 is 5.96 Å². The smallest absolute Gasteiger partial charge is 0.191 e. The highest BCUT2D eigenvalue weighted by molar-refractivity contribution is 5.79. The molecule has 0 atom stereocenters. The van der Waals surface area contributed by atoms with E-state index in [-0.39, 0.29) is 0 Å². The van der Waals surface area contributed by atoms with Gasteiger partial charge in [-0.1, -0.05) is 30.3 Å². The maximum absolute atomic E-state index is 4.34. The van der Waals surface area contributed by atoms with Gasteiger partial charge in [0.2, 0.25) is 0 Å². The molecule has 0 radical (unpaired) electrons. The first-order chi connectivity index (χ1) is 13.2. The first-order valence-electron chi connectivity index (χ1n) is 9.89. The standard InChI is InChI=1S/C22H31N5/c1-18-5-6-20(15-25-18)11-12-24-22(23-2)26-16-19-7-9-21(10-8-19)17-27-13-3-4-14-27/h5-10,15H,3-4,11-14,16-17H2,1-2H3,(H2,23,24,26). The van der Waals surface area contributed by atoms with Gasteiger partial charge in [-0.15, -0.1) is 0 Å². The predicted octanol–water partition coefficient (Wildman–Crippen LogP) is 2.89. The van der Waals surface area contributed by atoms with Gasteiger partial charge in [0.25, 0.3) is 0 Å². The van der Waals surface area contributed by atoms with Crippen molar-refractivity contribution in [2.24, 2.45) is 4.99 Å². The highest BCUT2D eigenvalue weighted by atomic mass is 15.2. The summed E-state index contributed by atoms with van der Waals surface area (Å²) in [6, 6.07) is 13.1. The number of pyridine rings is 1. The van der Waals surface area contributed by atoms with Crippen LogP contribution in [0.15, 0.2) is 47.6 Å². The Morgan fingerprint density at radius 2 is 1.70 bits per heavy atom. The quantitative estimate of drug-likeness (QED) is 0.585. The first kappa shape index (κ1) is 19.4. The third kappa shape index (κ3) is 6.36. The molecule has 0 unspecified atom stereocenters. The molecule has 5 nitrogen and oxygen atoms in total. The van der Waals surface area contributed by atoms with Crippen LogP contribution in [0.25, 0.3) is 0 Å². The van der Waals surface area contributed by atoms with Gasteiger partial charge in [-0.3, -0.25) is 14.9 Å². The maximum atomic E-state index is 4.34. The number of rotatable bonds is 7. The van der Waals surface area contributed by atoms with Gasteiger partial charge in [-0.05, 0) is 62.0 Å². The van der Waals surface area contributed by atoms with Crippen LogP contribution in [0, 0.1) is 6.92 Å². The molecule has 0 spiro atoms. The van der Waals surface area contributed by atoms with E-state index in [1.807, 2.05) is 20.2 Å². The fraction of sp³-hybridized carbons (Fsp3) is 0.455. The Labute approximate surface area is 162 Å². The number of hydrogen-bond acceptors (Lipinski definition) is 3. The van der Waals surface area contributed by atoms with E-state index in [1.165, 1.54) is 42.6 Å². The van der Waals surface area contributed by atoms with Crippen LogP contribution in [0.4, 0.5) is 0 Å². The van der Waals surface area contributed by atoms with Crippen LogP contribution >= 0.6 is 0 Å². The normalized spacial score (nSPS) is 15.1. The van der Waals surface area contributed by atoms with Gasteiger partial charge in [0, 0.05) is 38.6 Å². The summed E-state index contributed by atoms with van der Waals surface area (Å²) in [4.78, 5) is 11.2. The van der Waals surface area contributed by atoms with Crippen molar-refractivity contribution in [1.82, 2.24) is 20.5 Å². The average molecular weight is 366 g/mol. The Bertz CT molecular complexity index is 715. The number of nitrogens with one attached hydrogen (secondary N) is 2. The summed E-state index contributed by atoms with van der Waals surface area (Å²) >= 11 is 0. The lowest BCUT2D eigenvalue weighted by atomic mass is 10.1. The molecule has 0 amide bonds. The van der Waals surface area contributed by atoms with Crippen LogP contribution < -0.4 is 10.6 Å². The Balaban J connectivity index is 1.40. The number of guanidine groups is 1. The molecule has 0 aliphatic carbocycles. The molecule has 2 heterocycles. The number of aromatic nitrogens is 1. The van der Waals surface area contributed by atoms with E-state index in [9.17, 15) is 0 Å². The van der Waals surface area contributed by atoms with Crippen LogP contribution in [0.3, 0.4) is 0 Å². The van der Waals surface area contributed by atoms with Gasteiger partial charge in [0.05, 0.1) is 0 Å². The fourth-order valence-corrected chi connectivity index (χ4v) is 3.34. The van der Waals surface area contributed by atoms with Gasteiger partial charge in [0.15, 0.2) is 5.96 Å². The van der Waals surface area contributed by atoms with Gasteiger partial charge in [-0.25, -0.2) is 0 Å². The van der Waals surface area contributed by atoms with E-state index in [0.29, 0.717) is 0 Å². The molecule has 2 N–H and O–H groups in total. The molecule has 0 saturated carbocycles. The van der Waals surface area contributed by atoms with E-state index >= 15 is 0 Å². The average Bonchev–Trinajstić information content (AvgIpc) is 3.20. The van der Waals surface area contributed by atoms with Crippen molar-refractivity contribution in [3.8, 4) is 0 Å². The van der Waals surface area contributed by atoms with E-state index in [2.05, 4.69) is 61.9 Å². The number of benzene rings is 1. The van der Waals surface area contributed by atoms with Crippen molar-refractivity contribution < 1.29 is 0 Å². The van der Waals surface area contributed by atoms with Gasteiger partial charge in [0.1, 0.15) is 0 Å². The van der Waals surface area contributed by atoms with Crippen molar-refractivity contribution in [1.29, 1.82) is 0 Å². The third-order valence-corrected chi connectivity index (χ3v) is 4.99. The minimum absolute atomic E-state index is 0.774. The Kier molecular flexibility index (Phi) is 7.22. The second kappa shape index (κ2) is 10.1. The maximum Gasteiger partial charge on any atom is 0.191 e. The largest absolute Gasteiger partial charge is 0.356 e. The molecule has 1 aliphatic rings. The minimum Gasteiger partial charge on any atom is -0.356 e. The van der Waals surface area contributed by atoms with Crippen molar-refractivity contribution in [2.75, 3.05) is 26.7 Å². The summed E-state index contributed by atoms with van der Waals surface area (Å²) < 4.78 is 0. The zero-order chi connectivity index (χ0) is 18.9. The number of aryl methyl sites for hydroxylation is 1. The van der Waals surface area contributed by atoms with E-state index in [1.54, 1.807) is 0 Å². The second-order valence-electron chi connectivity index (χ2n) is 7.21. The lowest BCUT2D eigenvalue weighted by molar-refractivity contribution is 0.331. The molecule has 0 bridgehead atoms. The second-order valence-corrected chi connectivity index (χ2v) is 7.21. The van der Waals surface area contributed by atoms with Gasteiger partial charge in [-0.2, -0.15) is 0 Å². The highest BCUT2D eigenvalue weighted by Crippen LogP contribution is 2.13. The Morgan fingerprint density at radius 1 is 1.00 bits per heavy atom. The van der Waals surface area contributed by atoms with Crippen molar-refractivity contribution in [2.45, 2.75) is 39.3 Å². The number of aliphatic imine (C=N–C) groups is 1. The van der Waals surface area contributed by atoms with Crippen molar-refractivity contribution in [3.63, 3.8) is 0 Å². The summed E-state index contributed by atoms with van der Waals surface area (Å²) in [6.07, 6.45) is 5.55. The van der Waals surface area contributed by atoms with Crippen LogP contribution in [0.1, 0.15) is 35.2 Å². The van der Waals surface area contributed by atoms with Gasteiger partial charge < -0.3 is 10.6 Å². The van der Waals surface area contributed by atoms with Crippen LogP contribution in [0.2, 0.25) is 0 Å². The SMILES string of the molecule is CN=C(NCCc1ccc(C)nc1)NCc1ccc(CN2CCCC2)cc1. The van der Waals surface area contributed by atoms with Gasteiger partial charge >= 0.3 is 0 Å². The number of nitrogens with zero attached hydrogens (tertiary/aromatic N) is 3. The zero-order valence-corrected chi connectivity index (χ0v) is 16.5. The lowest BCUT2D eigenvalue weighted by Crippen LogP contribution is -2.37. The molecule has 3 rings (SSSR count). The van der Waals surface area contributed by atoms with E-state index < -0.39 is 0 Å². The molecule has 144 valence electrons. The summed E-state index contributed by atoms with van der Waals surface area (Å²) in [7, 11) is 1.81. The molecular weight excluding hydrogens is 334 g/mol. The number of hydrogen-bond donors (Lipinski definition) is 2. The molecule has 1 aromatic carbocycles. The van der Waals surface area contributed by atoms with Crippen molar-refractivity contribution in [3.05, 3.63) is 65.0 Å². The first-order valence-corrected chi connectivity index (χ1v) is 9.89. The highest BCUT2D eigenvalue weighted by Gasteiger charge is 2.11. The molecule has 5 heteroatoms. The number of likely N-dealkylation sites (tertiary alicyclic amines) is 1. The third-order valence-electron chi connectivity index (χ3n) is 4.99. The monoisotopic (exact) mass is 365 g/mol. The molecule has 1 aromatic heterocycles. The summed E-state index contributed by atoms with van der Waals surface area (Å²) in [5, 5.41) is 6.75. The molecule has 2 aromatic rings. The van der Waals surface area contributed by atoms with Crippen LogP contribution in [-0.4, -0.2) is 42.5 Å². The Hall–Kier alpha value is -2.40. The molecular formula is C22H31N5. The molecule has 27 heavy (non-hydrogen) atoms. The van der Waals surface area contributed by atoms with Crippen LogP contribution in [-0.2, 0) is 19.5 Å². The minimum atomic E-state index is 0.774.